The van der Waals surface area contributed by atoms with E-state index in [4.69, 9.17) is 18.9 Å². The van der Waals surface area contributed by atoms with Crippen molar-refractivity contribution in [2.75, 3.05) is 19.8 Å². The highest BCUT2D eigenvalue weighted by molar-refractivity contribution is 5.92. The van der Waals surface area contributed by atoms with Gasteiger partial charge in [-0.15, -0.1) is 10.2 Å². The molecule has 0 aliphatic rings. The molecule has 2 aromatic heterocycles. The second-order valence-electron chi connectivity index (χ2n) is 7.56. The molecule has 10 heteroatoms. The predicted octanol–water partition coefficient (Wildman–Crippen LogP) is 3.25. The zero-order valence-electron chi connectivity index (χ0n) is 19.9. The lowest BCUT2D eigenvalue weighted by Gasteiger charge is -2.14. The zero-order chi connectivity index (χ0) is 24.5. The molecule has 182 valence electrons. The van der Waals surface area contributed by atoms with Gasteiger partial charge in [0.15, 0.2) is 0 Å². The summed E-state index contributed by atoms with van der Waals surface area (Å²) in [4.78, 5) is 24.8. The van der Waals surface area contributed by atoms with E-state index in [9.17, 15) is 9.59 Å². The van der Waals surface area contributed by atoms with Crippen molar-refractivity contribution < 1.29 is 28.5 Å². The molecule has 0 fully saturated rings. The van der Waals surface area contributed by atoms with Crippen LogP contribution >= 0.6 is 0 Å². The Bertz CT molecular complexity index is 1090. The first-order valence-electron chi connectivity index (χ1n) is 11.2. The smallest absolute Gasteiger partial charge is 0.345 e. The molecular weight excluding hydrogens is 440 g/mol. The van der Waals surface area contributed by atoms with Crippen LogP contribution in [0.5, 0.6) is 11.8 Å². The molecule has 3 rings (SSSR count). The average molecular weight is 471 g/mol. The molecule has 0 aliphatic carbocycles. The van der Waals surface area contributed by atoms with Gasteiger partial charge in [0.25, 0.3) is 0 Å². The molecule has 1 aromatic carbocycles. The molecule has 0 saturated heterocycles. The minimum atomic E-state index is -0.525. The van der Waals surface area contributed by atoms with Gasteiger partial charge in [-0.2, -0.15) is 0 Å². The molecule has 0 radical (unpaired) electrons. The molecule has 34 heavy (non-hydrogen) atoms. The van der Waals surface area contributed by atoms with Gasteiger partial charge in [-0.05, 0) is 26.3 Å². The standard InChI is InChI=1S/C24H30N4O6/c1-5-31-21-19(15-27(4)25-21)24(30)33-13-12-17(3)34-22-20(23(29)32-6-2)16-28(26-22)14-18-10-8-7-9-11-18/h7-11,15-17H,5-6,12-14H2,1-4H3. The second kappa shape index (κ2) is 11.9. The van der Waals surface area contributed by atoms with E-state index in [1.165, 1.54) is 4.68 Å². The molecule has 0 bridgehead atoms. The van der Waals surface area contributed by atoms with E-state index in [1.807, 2.05) is 44.2 Å². The number of esters is 2. The number of hydrogen-bond donors (Lipinski definition) is 0. The van der Waals surface area contributed by atoms with Crippen molar-refractivity contribution >= 4 is 11.9 Å². The van der Waals surface area contributed by atoms with Crippen LogP contribution in [0, 0.1) is 0 Å². The minimum Gasteiger partial charge on any atom is -0.476 e. The Kier molecular flexibility index (Phi) is 8.66. The first kappa shape index (κ1) is 24.8. The van der Waals surface area contributed by atoms with Gasteiger partial charge < -0.3 is 18.9 Å². The van der Waals surface area contributed by atoms with Crippen LogP contribution in [0.25, 0.3) is 0 Å². The molecule has 2 heterocycles. The van der Waals surface area contributed by atoms with E-state index >= 15 is 0 Å². The number of hydrogen-bond acceptors (Lipinski definition) is 8. The quantitative estimate of drug-likeness (QED) is 0.371. The fourth-order valence-electron chi connectivity index (χ4n) is 3.19. The lowest BCUT2D eigenvalue weighted by molar-refractivity contribution is 0.0449. The van der Waals surface area contributed by atoms with Crippen LogP contribution in [0.4, 0.5) is 0 Å². The van der Waals surface area contributed by atoms with Gasteiger partial charge in [-0.3, -0.25) is 9.36 Å². The second-order valence-corrected chi connectivity index (χ2v) is 7.56. The number of nitrogens with zero attached hydrogens (tertiary/aromatic N) is 4. The van der Waals surface area contributed by atoms with Crippen molar-refractivity contribution in [2.45, 2.75) is 39.8 Å². The zero-order valence-corrected chi connectivity index (χ0v) is 19.9. The molecule has 0 spiro atoms. The van der Waals surface area contributed by atoms with Gasteiger partial charge in [-0.1, -0.05) is 30.3 Å². The van der Waals surface area contributed by atoms with E-state index in [-0.39, 0.29) is 42.2 Å². The maximum absolute atomic E-state index is 12.4. The SMILES string of the molecule is CCOC(=O)c1cn(Cc2ccccc2)nc1OC(C)CCOC(=O)c1cn(C)nc1OCC. The first-order valence-corrected chi connectivity index (χ1v) is 11.2. The lowest BCUT2D eigenvalue weighted by Crippen LogP contribution is -2.18. The molecule has 0 amide bonds. The summed E-state index contributed by atoms with van der Waals surface area (Å²) in [6.07, 6.45) is 3.19. The van der Waals surface area contributed by atoms with Gasteiger partial charge in [0.05, 0.1) is 26.4 Å². The summed E-state index contributed by atoms with van der Waals surface area (Å²) in [6.45, 7) is 6.59. The van der Waals surface area contributed by atoms with Gasteiger partial charge in [-0.25, -0.2) is 9.59 Å². The number of rotatable bonds is 12. The Morgan fingerprint density at radius 1 is 0.941 bits per heavy atom. The van der Waals surface area contributed by atoms with E-state index in [0.717, 1.165) is 5.56 Å². The minimum absolute atomic E-state index is 0.111. The van der Waals surface area contributed by atoms with Crippen LogP contribution in [-0.4, -0.2) is 57.4 Å². The summed E-state index contributed by atoms with van der Waals surface area (Å²) in [6, 6.07) is 9.76. The average Bonchev–Trinajstić information content (AvgIpc) is 3.37. The molecule has 1 unspecified atom stereocenters. The Hall–Kier alpha value is -3.82. The van der Waals surface area contributed by atoms with Crippen molar-refractivity contribution in [3.63, 3.8) is 0 Å². The molecule has 1 atom stereocenters. The Labute approximate surface area is 198 Å². The Morgan fingerprint density at radius 2 is 1.65 bits per heavy atom. The van der Waals surface area contributed by atoms with E-state index < -0.39 is 11.9 Å². The summed E-state index contributed by atoms with van der Waals surface area (Å²) in [5.74, 6) is -0.611. The molecule has 3 aromatic rings. The third kappa shape index (κ3) is 6.60. The lowest BCUT2D eigenvalue weighted by atomic mass is 10.2. The molecule has 10 nitrogen and oxygen atoms in total. The number of carbonyl (C=O) groups excluding carboxylic acids is 2. The van der Waals surface area contributed by atoms with Crippen molar-refractivity contribution in [3.8, 4) is 11.8 Å². The molecule has 0 saturated carbocycles. The summed E-state index contributed by atoms with van der Waals surface area (Å²) < 4.78 is 24.9. The summed E-state index contributed by atoms with van der Waals surface area (Å²) >= 11 is 0. The topological polar surface area (TPSA) is 107 Å². The van der Waals surface area contributed by atoms with Crippen LogP contribution in [0.15, 0.2) is 42.7 Å². The fourth-order valence-corrected chi connectivity index (χ4v) is 3.19. The van der Waals surface area contributed by atoms with Crippen molar-refractivity contribution in [1.82, 2.24) is 19.6 Å². The highest BCUT2D eigenvalue weighted by Crippen LogP contribution is 2.21. The Balaban J connectivity index is 1.61. The van der Waals surface area contributed by atoms with Gasteiger partial charge in [0.2, 0.25) is 11.8 Å². The van der Waals surface area contributed by atoms with Crippen LogP contribution < -0.4 is 9.47 Å². The number of benzene rings is 1. The predicted molar refractivity (Wildman–Crippen MR) is 123 cm³/mol. The highest BCUT2D eigenvalue weighted by Gasteiger charge is 2.22. The van der Waals surface area contributed by atoms with Gasteiger partial charge >= 0.3 is 11.9 Å². The maximum atomic E-state index is 12.4. The van der Waals surface area contributed by atoms with Crippen LogP contribution in [0.1, 0.15) is 53.5 Å². The molecule has 0 aliphatic heterocycles. The normalized spacial score (nSPS) is 11.6. The molecular formula is C24H30N4O6. The summed E-state index contributed by atoms with van der Waals surface area (Å²) in [5.41, 5.74) is 1.55. The number of ether oxygens (including phenoxy) is 4. The van der Waals surface area contributed by atoms with E-state index in [1.54, 1.807) is 31.0 Å². The van der Waals surface area contributed by atoms with Crippen LogP contribution in [-0.2, 0) is 23.1 Å². The van der Waals surface area contributed by atoms with Crippen molar-refractivity contribution in [3.05, 3.63) is 59.4 Å². The fraction of sp³-hybridized carbons (Fsp3) is 0.417. The van der Waals surface area contributed by atoms with Crippen LogP contribution in [0.2, 0.25) is 0 Å². The number of carbonyl (C=O) groups is 2. The maximum Gasteiger partial charge on any atom is 0.345 e. The first-order chi connectivity index (χ1) is 16.4. The summed E-state index contributed by atoms with van der Waals surface area (Å²) in [5, 5.41) is 8.54. The third-order valence-corrected chi connectivity index (χ3v) is 4.78. The summed E-state index contributed by atoms with van der Waals surface area (Å²) in [7, 11) is 1.70. The number of aryl methyl sites for hydroxylation is 1. The Morgan fingerprint density at radius 3 is 2.35 bits per heavy atom. The largest absolute Gasteiger partial charge is 0.476 e. The van der Waals surface area contributed by atoms with Crippen LogP contribution in [0.3, 0.4) is 0 Å². The highest BCUT2D eigenvalue weighted by atomic mass is 16.5. The third-order valence-electron chi connectivity index (χ3n) is 4.78. The van der Waals surface area contributed by atoms with Crippen molar-refractivity contribution in [1.29, 1.82) is 0 Å². The van der Waals surface area contributed by atoms with E-state index in [2.05, 4.69) is 10.2 Å². The molecule has 0 N–H and O–H groups in total. The van der Waals surface area contributed by atoms with Gasteiger partial charge in [0.1, 0.15) is 17.2 Å². The van der Waals surface area contributed by atoms with Crippen molar-refractivity contribution in [2.24, 2.45) is 7.05 Å². The monoisotopic (exact) mass is 470 g/mol. The van der Waals surface area contributed by atoms with E-state index in [0.29, 0.717) is 19.6 Å². The van der Waals surface area contributed by atoms with Gasteiger partial charge in [0, 0.05) is 25.9 Å². The number of aromatic nitrogens is 4.